The first-order valence-electron chi connectivity index (χ1n) is 13.3. The molecule has 3 aromatic carbocycles. The number of aromatic amines is 1. The standard InChI is InChI=1S/C31H30ClN3O3/c1-31(2,3)38-30(36)35-22-8-4-19(13-22)28(35)29-33-25-11-6-17(14-26(25)34-29)18-5-9-24-23-10-7-21(32)12-20(23)16-37-27(24)15-18/h5-7,9-12,14-15,19,22,28H,4,8,13,16H2,1-3H3,(H,33,34). The predicted octanol–water partition coefficient (Wildman–Crippen LogP) is 7.90. The van der Waals surface area contributed by atoms with Crippen molar-refractivity contribution in [1.29, 1.82) is 0 Å². The molecular weight excluding hydrogens is 498 g/mol. The van der Waals surface area contributed by atoms with Gasteiger partial charge in [0.15, 0.2) is 0 Å². The normalized spacial score (nSPS) is 21.8. The van der Waals surface area contributed by atoms with Crippen LogP contribution in [0.5, 0.6) is 5.75 Å². The molecule has 4 aromatic rings. The number of halogens is 1. The second kappa shape index (κ2) is 8.50. The van der Waals surface area contributed by atoms with Gasteiger partial charge in [0.2, 0.25) is 0 Å². The van der Waals surface area contributed by atoms with Gasteiger partial charge >= 0.3 is 6.09 Å². The summed E-state index contributed by atoms with van der Waals surface area (Å²) in [5.41, 5.74) is 6.84. The fourth-order valence-corrected chi connectivity index (χ4v) is 6.61. The van der Waals surface area contributed by atoms with Crippen molar-refractivity contribution in [3.63, 3.8) is 0 Å². The lowest BCUT2D eigenvalue weighted by atomic mass is 9.94. The number of hydrogen-bond donors (Lipinski definition) is 1. The summed E-state index contributed by atoms with van der Waals surface area (Å²) < 4.78 is 11.9. The first kappa shape index (κ1) is 23.6. The number of benzene rings is 3. The summed E-state index contributed by atoms with van der Waals surface area (Å²) in [5, 5.41) is 0.722. The minimum absolute atomic E-state index is 0.0785. The van der Waals surface area contributed by atoms with E-state index >= 15 is 0 Å². The maximum Gasteiger partial charge on any atom is 0.411 e. The molecule has 7 heteroatoms. The summed E-state index contributed by atoms with van der Waals surface area (Å²) in [6.07, 6.45) is 2.91. The molecule has 1 aliphatic carbocycles. The van der Waals surface area contributed by atoms with E-state index in [1.165, 1.54) is 0 Å². The molecule has 7 rings (SSSR count). The average Bonchev–Trinajstić information content (AvgIpc) is 3.61. The number of carbonyl (C=O) groups excluding carboxylic acids is 1. The van der Waals surface area contributed by atoms with E-state index in [4.69, 9.17) is 26.1 Å². The summed E-state index contributed by atoms with van der Waals surface area (Å²) in [6.45, 7) is 6.25. The van der Waals surface area contributed by atoms with E-state index < -0.39 is 5.60 Å². The molecule has 3 unspecified atom stereocenters. The lowest BCUT2D eigenvalue weighted by Crippen LogP contribution is -2.43. The van der Waals surface area contributed by atoms with Crippen molar-refractivity contribution >= 4 is 28.7 Å². The fraction of sp³-hybridized carbons (Fsp3) is 0.355. The highest BCUT2D eigenvalue weighted by molar-refractivity contribution is 6.30. The number of hydrogen-bond acceptors (Lipinski definition) is 4. The van der Waals surface area contributed by atoms with Crippen molar-refractivity contribution in [3.05, 3.63) is 71.0 Å². The Morgan fingerprint density at radius 1 is 1.05 bits per heavy atom. The number of H-pyrrole nitrogens is 1. The van der Waals surface area contributed by atoms with Gasteiger partial charge in [-0.3, -0.25) is 4.90 Å². The summed E-state index contributed by atoms with van der Waals surface area (Å²) in [6, 6.07) is 18.7. The van der Waals surface area contributed by atoms with Crippen LogP contribution in [-0.4, -0.2) is 32.6 Å². The molecule has 1 aromatic heterocycles. The van der Waals surface area contributed by atoms with Crippen LogP contribution in [0, 0.1) is 5.92 Å². The average molecular weight is 528 g/mol. The number of ether oxygens (including phenoxy) is 2. The molecule has 0 spiro atoms. The number of carbonyl (C=O) groups is 1. The van der Waals surface area contributed by atoms with Gasteiger partial charge in [0.05, 0.1) is 17.1 Å². The first-order valence-corrected chi connectivity index (χ1v) is 13.7. The number of amides is 1. The lowest BCUT2D eigenvalue weighted by Gasteiger charge is -2.35. The summed E-state index contributed by atoms with van der Waals surface area (Å²) >= 11 is 6.18. The van der Waals surface area contributed by atoms with Gasteiger partial charge in [-0.1, -0.05) is 35.9 Å². The van der Waals surface area contributed by atoms with E-state index in [1.807, 2.05) is 43.9 Å². The van der Waals surface area contributed by atoms with Crippen LogP contribution >= 0.6 is 11.6 Å². The van der Waals surface area contributed by atoms with Crippen LogP contribution in [0.1, 0.15) is 57.5 Å². The molecule has 38 heavy (non-hydrogen) atoms. The van der Waals surface area contributed by atoms with Gasteiger partial charge in [-0.2, -0.15) is 0 Å². The van der Waals surface area contributed by atoms with Gasteiger partial charge in [0.1, 0.15) is 23.8 Å². The Kier molecular flexibility index (Phi) is 5.28. The summed E-state index contributed by atoms with van der Waals surface area (Å²) in [7, 11) is 0. The molecule has 3 heterocycles. The van der Waals surface area contributed by atoms with E-state index in [9.17, 15) is 4.79 Å². The number of rotatable bonds is 2. The minimum atomic E-state index is -0.528. The quantitative estimate of drug-likeness (QED) is 0.287. The van der Waals surface area contributed by atoms with E-state index in [0.717, 1.165) is 74.7 Å². The monoisotopic (exact) mass is 527 g/mol. The Labute approximate surface area is 226 Å². The third-order valence-corrected chi connectivity index (χ3v) is 8.26. The third-order valence-electron chi connectivity index (χ3n) is 8.03. The first-order chi connectivity index (χ1) is 18.2. The Balaban J connectivity index is 1.21. The van der Waals surface area contributed by atoms with Gasteiger partial charge in [-0.15, -0.1) is 0 Å². The highest BCUT2D eigenvalue weighted by Gasteiger charge is 2.51. The topological polar surface area (TPSA) is 67.4 Å². The van der Waals surface area contributed by atoms with E-state index in [1.54, 1.807) is 0 Å². The van der Waals surface area contributed by atoms with Crippen LogP contribution in [0.2, 0.25) is 5.02 Å². The minimum Gasteiger partial charge on any atom is -0.488 e. The van der Waals surface area contributed by atoms with Crippen LogP contribution in [0.4, 0.5) is 4.79 Å². The third kappa shape index (κ3) is 3.93. The fourth-order valence-electron chi connectivity index (χ4n) is 6.41. The smallest absolute Gasteiger partial charge is 0.411 e. The number of imidazole rings is 1. The van der Waals surface area contributed by atoms with Gasteiger partial charge in [-0.25, -0.2) is 9.78 Å². The predicted molar refractivity (Wildman–Crippen MR) is 148 cm³/mol. The van der Waals surface area contributed by atoms with Crippen molar-refractivity contribution < 1.29 is 14.3 Å². The van der Waals surface area contributed by atoms with Gasteiger partial charge in [-0.05, 0) is 98.5 Å². The molecule has 2 fully saturated rings. The Morgan fingerprint density at radius 3 is 2.68 bits per heavy atom. The van der Waals surface area contributed by atoms with Crippen LogP contribution in [0.25, 0.3) is 33.3 Å². The van der Waals surface area contributed by atoms with E-state index in [-0.39, 0.29) is 18.2 Å². The second-order valence-corrected chi connectivity index (χ2v) is 12.2. The molecule has 3 aliphatic rings. The summed E-state index contributed by atoms with van der Waals surface area (Å²) in [4.78, 5) is 23.6. The number of piperidine rings is 1. The molecule has 1 saturated heterocycles. The molecule has 0 radical (unpaired) electrons. The van der Waals surface area contributed by atoms with Crippen molar-refractivity contribution in [2.75, 3.05) is 0 Å². The summed E-state index contributed by atoms with van der Waals surface area (Å²) in [5.74, 6) is 2.13. The molecule has 2 aliphatic heterocycles. The molecule has 1 saturated carbocycles. The molecular formula is C31H30ClN3O3. The second-order valence-electron chi connectivity index (χ2n) is 11.7. The van der Waals surface area contributed by atoms with Crippen molar-refractivity contribution in [3.8, 4) is 28.0 Å². The zero-order valence-electron chi connectivity index (χ0n) is 21.8. The van der Waals surface area contributed by atoms with Crippen molar-refractivity contribution in [2.24, 2.45) is 5.92 Å². The molecule has 1 N–H and O–H groups in total. The molecule has 194 valence electrons. The number of fused-ring (bicyclic) bond motifs is 6. The van der Waals surface area contributed by atoms with Crippen LogP contribution in [0.15, 0.2) is 54.6 Å². The lowest BCUT2D eigenvalue weighted by molar-refractivity contribution is 0.00623. The van der Waals surface area contributed by atoms with Crippen molar-refractivity contribution in [1.82, 2.24) is 14.9 Å². The van der Waals surface area contributed by atoms with Gasteiger partial charge < -0.3 is 14.5 Å². The maximum atomic E-state index is 13.1. The number of nitrogens with zero attached hydrogens (tertiary/aromatic N) is 2. The SMILES string of the molecule is CC(C)(C)OC(=O)N1C2CCC(C2)C1c1nc2ccc(-c3ccc4c(c3)OCc3cc(Cl)ccc3-4)cc2[nH]1. The molecule has 2 bridgehead atoms. The Morgan fingerprint density at radius 2 is 1.84 bits per heavy atom. The van der Waals surface area contributed by atoms with E-state index in [2.05, 4.69) is 41.4 Å². The van der Waals surface area contributed by atoms with E-state index in [0.29, 0.717) is 12.5 Å². The van der Waals surface area contributed by atoms with Crippen molar-refractivity contribution in [2.45, 2.75) is 64.3 Å². The molecule has 3 atom stereocenters. The molecule has 6 nitrogen and oxygen atoms in total. The highest BCUT2D eigenvalue weighted by atomic mass is 35.5. The molecule has 1 amide bonds. The van der Waals surface area contributed by atoms with Crippen LogP contribution < -0.4 is 4.74 Å². The number of likely N-dealkylation sites (tertiary alicyclic amines) is 1. The maximum absolute atomic E-state index is 13.1. The Hall–Kier alpha value is -3.51. The number of nitrogens with one attached hydrogen (secondary N) is 1. The van der Waals surface area contributed by atoms with Gasteiger partial charge in [0.25, 0.3) is 0 Å². The van der Waals surface area contributed by atoms with Gasteiger partial charge in [0, 0.05) is 16.6 Å². The van der Waals surface area contributed by atoms with Crippen LogP contribution in [-0.2, 0) is 11.3 Å². The van der Waals surface area contributed by atoms with Crippen LogP contribution in [0.3, 0.4) is 0 Å². The zero-order valence-corrected chi connectivity index (χ0v) is 22.5. The highest BCUT2D eigenvalue weighted by Crippen LogP contribution is 2.50. The largest absolute Gasteiger partial charge is 0.488 e. The Bertz CT molecular complexity index is 1590. The zero-order chi connectivity index (χ0) is 26.2. The number of aromatic nitrogens is 2.